The van der Waals surface area contributed by atoms with Crippen molar-refractivity contribution in [3.8, 4) is 0 Å². The van der Waals surface area contributed by atoms with Gasteiger partial charge in [0.1, 0.15) is 0 Å². The number of ketones is 1. The first-order chi connectivity index (χ1) is 7.66. The van der Waals surface area contributed by atoms with E-state index in [1.165, 1.54) is 25.7 Å². The molecule has 3 aliphatic rings. The van der Waals surface area contributed by atoms with Crippen LogP contribution in [0.15, 0.2) is 0 Å². The Morgan fingerprint density at radius 1 is 1.25 bits per heavy atom. The van der Waals surface area contributed by atoms with E-state index < -0.39 is 0 Å². The lowest BCUT2D eigenvalue weighted by Crippen LogP contribution is -2.42. The van der Waals surface area contributed by atoms with E-state index in [1.807, 2.05) is 4.90 Å². The van der Waals surface area contributed by atoms with E-state index in [4.69, 9.17) is 0 Å². The van der Waals surface area contributed by atoms with Crippen molar-refractivity contribution in [1.29, 1.82) is 0 Å². The molecular weight excluding hydrogens is 202 g/mol. The van der Waals surface area contributed by atoms with Crippen molar-refractivity contribution in [3.63, 3.8) is 0 Å². The first-order valence-corrected chi connectivity index (χ1v) is 6.50. The highest BCUT2D eigenvalue weighted by Crippen LogP contribution is 2.50. The second kappa shape index (κ2) is 3.57. The van der Waals surface area contributed by atoms with Crippen molar-refractivity contribution in [2.75, 3.05) is 6.54 Å². The van der Waals surface area contributed by atoms with Gasteiger partial charge in [0, 0.05) is 19.0 Å². The lowest BCUT2D eigenvalue weighted by Gasteiger charge is -2.33. The zero-order valence-corrected chi connectivity index (χ0v) is 9.82. The summed E-state index contributed by atoms with van der Waals surface area (Å²) < 4.78 is 0. The topological polar surface area (TPSA) is 37.4 Å². The molecule has 4 atom stereocenters. The summed E-state index contributed by atoms with van der Waals surface area (Å²) in [4.78, 5) is 24.8. The van der Waals surface area contributed by atoms with Crippen LogP contribution in [-0.4, -0.2) is 29.2 Å². The van der Waals surface area contributed by atoms with Crippen LogP contribution in [0.1, 0.15) is 39.0 Å². The Balaban J connectivity index is 1.71. The van der Waals surface area contributed by atoms with E-state index in [0.29, 0.717) is 18.9 Å². The third-order valence-electron chi connectivity index (χ3n) is 4.98. The second-order valence-corrected chi connectivity index (χ2v) is 5.75. The summed E-state index contributed by atoms with van der Waals surface area (Å²) in [5.74, 6) is 1.98. The number of amides is 1. The Bertz CT molecular complexity index is 339. The second-order valence-electron chi connectivity index (χ2n) is 5.75. The van der Waals surface area contributed by atoms with Crippen molar-refractivity contribution in [1.82, 2.24) is 4.90 Å². The average molecular weight is 221 g/mol. The van der Waals surface area contributed by atoms with Crippen LogP contribution in [0.2, 0.25) is 0 Å². The quantitative estimate of drug-likeness (QED) is 0.664. The molecule has 1 saturated heterocycles. The molecule has 88 valence electrons. The maximum absolute atomic E-state index is 11.7. The number of likely N-dealkylation sites (tertiary alicyclic amines) is 1. The molecule has 3 rings (SSSR count). The highest BCUT2D eigenvalue weighted by atomic mass is 16.2. The van der Waals surface area contributed by atoms with Gasteiger partial charge in [0.15, 0.2) is 0 Å². The minimum atomic E-state index is -0.227. The highest BCUT2D eigenvalue weighted by molar-refractivity contribution is 6.37. The largest absolute Gasteiger partial charge is 0.333 e. The summed E-state index contributed by atoms with van der Waals surface area (Å²) in [6.45, 7) is 2.80. The summed E-state index contributed by atoms with van der Waals surface area (Å²) >= 11 is 0. The van der Waals surface area contributed by atoms with E-state index >= 15 is 0 Å². The number of hydrogen-bond donors (Lipinski definition) is 0. The highest BCUT2D eigenvalue weighted by Gasteiger charge is 2.45. The van der Waals surface area contributed by atoms with Crippen LogP contribution in [0.4, 0.5) is 0 Å². The van der Waals surface area contributed by atoms with Crippen molar-refractivity contribution in [2.24, 2.45) is 17.8 Å². The zero-order valence-electron chi connectivity index (χ0n) is 9.82. The van der Waals surface area contributed by atoms with Gasteiger partial charge in [-0.15, -0.1) is 0 Å². The van der Waals surface area contributed by atoms with Gasteiger partial charge in [-0.3, -0.25) is 9.59 Å². The minimum absolute atomic E-state index is 0.185. The van der Waals surface area contributed by atoms with Crippen LogP contribution >= 0.6 is 0 Å². The molecule has 2 bridgehead atoms. The zero-order chi connectivity index (χ0) is 11.3. The first-order valence-electron chi connectivity index (χ1n) is 6.50. The van der Waals surface area contributed by atoms with Gasteiger partial charge in [0.2, 0.25) is 5.78 Å². The van der Waals surface area contributed by atoms with Crippen LogP contribution in [0.3, 0.4) is 0 Å². The summed E-state index contributed by atoms with van der Waals surface area (Å²) in [5.41, 5.74) is 0. The molecule has 1 aliphatic heterocycles. The van der Waals surface area contributed by atoms with Gasteiger partial charge in [0.05, 0.1) is 0 Å². The maximum atomic E-state index is 11.7. The van der Waals surface area contributed by atoms with Crippen LogP contribution in [0.25, 0.3) is 0 Å². The molecule has 0 spiro atoms. The van der Waals surface area contributed by atoms with Gasteiger partial charge in [-0.25, -0.2) is 0 Å². The van der Waals surface area contributed by atoms with E-state index in [0.717, 1.165) is 11.8 Å². The smallest absolute Gasteiger partial charge is 0.290 e. The predicted molar refractivity (Wildman–Crippen MR) is 59.7 cm³/mol. The van der Waals surface area contributed by atoms with E-state index in [1.54, 1.807) is 0 Å². The van der Waals surface area contributed by atoms with Gasteiger partial charge in [0.25, 0.3) is 5.91 Å². The lowest BCUT2D eigenvalue weighted by molar-refractivity contribution is -0.141. The maximum Gasteiger partial charge on any atom is 0.290 e. The van der Waals surface area contributed by atoms with Crippen LogP contribution in [0.5, 0.6) is 0 Å². The molecule has 0 N–H and O–H groups in total. The van der Waals surface area contributed by atoms with Crippen molar-refractivity contribution >= 4 is 11.7 Å². The Kier molecular flexibility index (Phi) is 2.30. The summed E-state index contributed by atoms with van der Waals surface area (Å²) in [5, 5.41) is 0. The van der Waals surface area contributed by atoms with Gasteiger partial charge in [-0.05, 0) is 43.9 Å². The molecule has 3 heteroatoms. The number of carbonyl (C=O) groups is 2. The van der Waals surface area contributed by atoms with Gasteiger partial charge >= 0.3 is 0 Å². The van der Waals surface area contributed by atoms with Crippen molar-refractivity contribution in [2.45, 2.75) is 45.1 Å². The standard InChI is InChI=1S/C13H19NO2/c1-8(14-5-4-12(15)13(14)16)11-7-9-2-3-10(11)6-9/h8-11H,2-7H2,1H3. The molecule has 2 saturated carbocycles. The fourth-order valence-corrected chi connectivity index (χ4v) is 4.10. The molecule has 0 aromatic carbocycles. The molecule has 1 heterocycles. The molecule has 0 aromatic rings. The summed E-state index contributed by atoms with van der Waals surface area (Å²) in [6, 6.07) is 0.286. The van der Waals surface area contributed by atoms with E-state index in [9.17, 15) is 9.59 Å². The monoisotopic (exact) mass is 221 g/mol. The Morgan fingerprint density at radius 3 is 2.56 bits per heavy atom. The van der Waals surface area contributed by atoms with Crippen LogP contribution in [0, 0.1) is 17.8 Å². The number of nitrogens with zero attached hydrogens (tertiary/aromatic N) is 1. The van der Waals surface area contributed by atoms with E-state index in [-0.39, 0.29) is 17.7 Å². The molecule has 1 amide bonds. The molecule has 0 aromatic heterocycles. The number of Topliss-reactive ketones (excluding diaryl/α,β-unsaturated/α-hetero) is 1. The number of carbonyl (C=O) groups excluding carboxylic acids is 2. The SMILES string of the molecule is CC(C1CC2CCC1C2)N1CCC(=O)C1=O. The average Bonchev–Trinajstić information content (AvgIpc) is 2.95. The first kappa shape index (κ1) is 10.3. The third-order valence-corrected chi connectivity index (χ3v) is 4.98. The minimum Gasteiger partial charge on any atom is -0.333 e. The van der Waals surface area contributed by atoms with Gasteiger partial charge in [-0.1, -0.05) is 6.42 Å². The van der Waals surface area contributed by atoms with Crippen molar-refractivity contribution < 1.29 is 9.59 Å². The Labute approximate surface area is 96.2 Å². The molecule has 3 nitrogen and oxygen atoms in total. The number of hydrogen-bond acceptors (Lipinski definition) is 2. The van der Waals surface area contributed by atoms with Crippen LogP contribution < -0.4 is 0 Å². The lowest BCUT2D eigenvalue weighted by atomic mass is 9.83. The molecular formula is C13H19NO2. The number of rotatable bonds is 2. The molecule has 0 radical (unpaired) electrons. The fraction of sp³-hybridized carbons (Fsp3) is 0.846. The molecule has 2 aliphatic carbocycles. The van der Waals surface area contributed by atoms with Gasteiger partial charge in [-0.2, -0.15) is 0 Å². The number of fused-ring (bicyclic) bond motifs is 2. The fourth-order valence-electron chi connectivity index (χ4n) is 4.10. The Hall–Kier alpha value is -0.860. The van der Waals surface area contributed by atoms with Crippen molar-refractivity contribution in [3.05, 3.63) is 0 Å². The van der Waals surface area contributed by atoms with E-state index in [2.05, 4.69) is 6.92 Å². The normalized spacial score (nSPS) is 39.8. The summed E-state index contributed by atoms with van der Waals surface area (Å²) in [6.07, 6.45) is 5.81. The molecule has 3 fully saturated rings. The molecule has 4 unspecified atom stereocenters. The van der Waals surface area contributed by atoms with Crippen LogP contribution in [-0.2, 0) is 9.59 Å². The molecule has 16 heavy (non-hydrogen) atoms. The Morgan fingerprint density at radius 2 is 2.06 bits per heavy atom. The van der Waals surface area contributed by atoms with Gasteiger partial charge < -0.3 is 4.90 Å². The third kappa shape index (κ3) is 1.40. The predicted octanol–water partition coefficient (Wildman–Crippen LogP) is 1.61. The summed E-state index contributed by atoms with van der Waals surface area (Å²) in [7, 11) is 0.